The third-order valence-corrected chi connectivity index (χ3v) is 2.87. The average Bonchev–Trinajstić information content (AvgIpc) is 3.28. The van der Waals surface area contributed by atoms with Gasteiger partial charge in [-0.3, -0.25) is 4.98 Å². The molecule has 1 aliphatic heterocycles. The Morgan fingerprint density at radius 1 is 0.857 bits per heavy atom. The average molecular weight is 372 g/mol. The summed E-state index contributed by atoms with van der Waals surface area (Å²) in [5.74, 6) is 6.12. The molecule has 0 atom stereocenters. The summed E-state index contributed by atoms with van der Waals surface area (Å²) >= 11 is 0. The van der Waals surface area contributed by atoms with Gasteiger partial charge in [0.2, 0.25) is 0 Å². The van der Waals surface area contributed by atoms with Crippen molar-refractivity contribution in [2.45, 2.75) is 0 Å². The van der Waals surface area contributed by atoms with Crippen molar-refractivity contribution >= 4 is 6.09 Å². The smallest absolute Gasteiger partial charge is 0.407 e. The van der Waals surface area contributed by atoms with Gasteiger partial charge in [0.1, 0.15) is 12.9 Å². The molecule has 1 aliphatic rings. The molecule has 1 N–H and O–H groups in total. The Kier molecular flexibility index (Phi) is 11.8. The second kappa shape index (κ2) is 15.1. The Bertz CT molecular complexity index is 780. The van der Waals surface area contributed by atoms with Crippen molar-refractivity contribution in [2.75, 3.05) is 13.2 Å². The van der Waals surface area contributed by atoms with Crippen LogP contribution in [0.3, 0.4) is 0 Å². The van der Waals surface area contributed by atoms with Gasteiger partial charge in [0.15, 0.2) is 0 Å². The molecule has 6 heteroatoms. The topological polar surface area (TPSA) is 77.0 Å². The van der Waals surface area contributed by atoms with Gasteiger partial charge in [0.05, 0.1) is 6.54 Å². The highest BCUT2D eigenvalue weighted by Crippen LogP contribution is 1.97. The van der Waals surface area contributed by atoms with Crippen molar-refractivity contribution < 1.29 is 9.53 Å². The summed E-state index contributed by atoms with van der Waals surface area (Å²) in [6, 6.07) is 15.5. The van der Waals surface area contributed by atoms with Crippen LogP contribution in [-0.2, 0) is 4.74 Å². The van der Waals surface area contributed by atoms with Crippen LogP contribution in [0.15, 0.2) is 79.6 Å². The van der Waals surface area contributed by atoms with Crippen LogP contribution < -0.4 is 5.32 Å². The minimum atomic E-state index is -0.296. The molecule has 0 unspecified atom stereocenters. The Hall–Kier alpha value is -4.16. The molecule has 4 rings (SSSR count). The number of nitrogens with one attached hydrogen (secondary N) is 1. The van der Waals surface area contributed by atoms with Gasteiger partial charge in [-0.15, -0.1) is 12.8 Å². The first-order chi connectivity index (χ1) is 13.8. The largest absolute Gasteiger partial charge is 0.448 e. The van der Waals surface area contributed by atoms with E-state index in [1.807, 2.05) is 42.5 Å². The van der Waals surface area contributed by atoms with Gasteiger partial charge in [-0.1, -0.05) is 30.0 Å². The van der Waals surface area contributed by atoms with Crippen molar-refractivity contribution in [2.24, 2.45) is 0 Å². The number of carbonyl (C=O) groups is 1. The molecule has 2 aromatic heterocycles. The fourth-order valence-corrected chi connectivity index (χ4v) is 1.70. The fourth-order valence-electron chi connectivity index (χ4n) is 1.70. The Morgan fingerprint density at radius 2 is 1.50 bits per heavy atom. The van der Waals surface area contributed by atoms with Crippen LogP contribution in [0.5, 0.6) is 0 Å². The van der Waals surface area contributed by atoms with Crippen LogP contribution in [0.2, 0.25) is 0 Å². The molecule has 0 spiro atoms. The number of benzene rings is 1. The number of nitrogens with zero attached hydrogens (tertiary/aromatic N) is 3. The van der Waals surface area contributed by atoms with Crippen LogP contribution in [-0.4, -0.2) is 34.2 Å². The van der Waals surface area contributed by atoms with Gasteiger partial charge in [-0.2, -0.15) is 0 Å². The Balaban J connectivity index is 0.000000232. The third-order valence-electron chi connectivity index (χ3n) is 2.87. The van der Waals surface area contributed by atoms with Crippen molar-refractivity contribution in [3.63, 3.8) is 0 Å². The first kappa shape index (κ1) is 21.9. The van der Waals surface area contributed by atoms with Crippen molar-refractivity contribution in [1.29, 1.82) is 0 Å². The van der Waals surface area contributed by atoms with E-state index in [1.54, 1.807) is 30.9 Å². The van der Waals surface area contributed by atoms with Crippen LogP contribution in [0.1, 0.15) is 11.1 Å². The molecule has 1 amide bonds. The molecule has 3 heterocycles. The van der Waals surface area contributed by atoms with Gasteiger partial charge >= 0.3 is 6.09 Å². The van der Waals surface area contributed by atoms with Crippen molar-refractivity contribution in [3.05, 3.63) is 90.8 Å². The second-order valence-corrected chi connectivity index (χ2v) is 4.82. The number of hydrogen-bond acceptors (Lipinski definition) is 5. The van der Waals surface area contributed by atoms with E-state index in [1.165, 1.54) is 6.33 Å². The van der Waals surface area contributed by atoms with E-state index in [0.29, 0.717) is 13.2 Å². The van der Waals surface area contributed by atoms with Crippen molar-refractivity contribution in [3.8, 4) is 24.7 Å². The zero-order chi connectivity index (χ0) is 20.3. The third kappa shape index (κ3) is 10.7. The molecule has 0 radical (unpaired) electrons. The number of rotatable bonds is 0. The Morgan fingerprint density at radius 3 is 1.93 bits per heavy atom. The molecular weight excluding hydrogens is 352 g/mol. The van der Waals surface area contributed by atoms with Gasteiger partial charge in [0, 0.05) is 35.9 Å². The predicted molar refractivity (Wildman–Crippen MR) is 108 cm³/mol. The number of pyridine rings is 1. The second-order valence-electron chi connectivity index (χ2n) is 4.82. The maximum absolute atomic E-state index is 9.91. The first-order valence-corrected chi connectivity index (χ1v) is 8.25. The lowest BCUT2D eigenvalue weighted by molar-refractivity contribution is 0.178. The maximum Gasteiger partial charge on any atom is 0.407 e. The SMILES string of the molecule is C#C.C(#Cc1cccnc1)c1ccccc1.O=C1NCCO1.c1cncnc1. The number of cyclic esters (lactones) is 1. The monoisotopic (exact) mass is 372 g/mol. The summed E-state index contributed by atoms with van der Waals surface area (Å²) in [5.41, 5.74) is 1.97. The number of hydrogen-bond donors (Lipinski definition) is 1. The lowest BCUT2D eigenvalue weighted by atomic mass is 10.2. The summed E-state index contributed by atoms with van der Waals surface area (Å²) in [6.07, 6.45) is 16.1. The molecule has 0 bridgehead atoms. The van der Waals surface area contributed by atoms with Crippen LogP contribution in [0.4, 0.5) is 4.79 Å². The van der Waals surface area contributed by atoms with Gasteiger partial charge in [-0.05, 0) is 30.3 Å². The van der Waals surface area contributed by atoms with Gasteiger partial charge in [0.25, 0.3) is 0 Å². The van der Waals surface area contributed by atoms with E-state index < -0.39 is 0 Å². The molecule has 6 nitrogen and oxygen atoms in total. The van der Waals surface area contributed by atoms with E-state index in [4.69, 9.17) is 0 Å². The van der Waals surface area contributed by atoms with E-state index in [0.717, 1.165) is 11.1 Å². The minimum Gasteiger partial charge on any atom is -0.448 e. The van der Waals surface area contributed by atoms with Gasteiger partial charge < -0.3 is 10.1 Å². The quantitative estimate of drug-likeness (QED) is 0.614. The molecule has 140 valence electrons. The molecule has 28 heavy (non-hydrogen) atoms. The molecule has 1 aromatic carbocycles. The lowest BCUT2D eigenvalue weighted by Gasteiger charge is -1.87. The minimum absolute atomic E-state index is 0.296. The van der Waals surface area contributed by atoms with Crippen LogP contribution in [0, 0.1) is 24.7 Å². The van der Waals surface area contributed by atoms with E-state index in [2.05, 4.69) is 49.7 Å². The molecular formula is C22H20N4O2. The standard InChI is InChI=1S/C13H9N.C4H4N2.C3H5NO2.C2H2/c1-2-5-12(6-3-1)8-9-13-7-4-10-14-11-13;1-2-5-4-6-3-1;5-3-4-1-2-6-3;1-2/h1-7,10-11H;1-4H;1-2H2,(H,4,5);1-2H. The number of alkyl carbamates (subject to hydrolysis) is 1. The summed E-state index contributed by atoms with van der Waals surface area (Å²) in [6.45, 7) is 1.19. The zero-order valence-corrected chi connectivity index (χ0v) is 15.2. The van der Waals surface area contributed by atoms with Gasteiger partial charge in [-0.25, -0.2) is 14.8 Å². The number of carbonyl (C=O) groups excluding carboxylic acids is 1. The molecule has 3 aromatic rings. The highest BCUT2D eigenvalue weighted by molar-refractivity contribution is 5.68. The summed E-state index contributed by atoms with van der Waals surface area (Å²) in [7, 11) is 0. The van der Waals surface area contributed by atoms with E-state index in [-0.39, 0.29) is 6.09 Å². The van der Waals surface area contributed by atoms with E-state index in [9.17, 15) is 4.79 Å². The maximum atomic E-state index is 9.91. The zero-order valence-electron chi connectivity index (χ0n) is 15.2. The van der Waals surface area contributed by atoms with Crippen LogP contribution in [0.25, 0.3) is 0 Å². The van der Waals surface area contributed by atoms with E-state index >= 15 is 0 Å². The first-order valence-electron chi connectivity index (χ1n) is 8.25. The highest BCUT2D eigenvalue weighted by atomic mass is 16.6. The molecule has 1 fully saturated rings. The Labute approximate surface area is 165 Å². The number of amides is 1. The number of aromatic nitrogens is 3. The lowest BCUT2D eigenvalue weighted by Crippen LogP contribution is -2.11. The fraction of sp³-hybridized carbons (Fsp3) is 0.0909. The molecule has 0 saturated carbocycles. The number of terminal acetylenes is 1. The van der Waals surface area contributed by atoms with Crippen molar-refractivity contribution in [1.82, 2.24) is 20.3 Å². The molecule has 1 saturated heterocycles. The normalized spacial score (nSPS) is 10.4. The summed E-state index contributed by atoms with van der Waals surface area (Å²) < 4.78 is 4.40. The summed E-state index contributed by atoms with van der Waals surface area (Å²) in [4.78, 5) is 21.3. The molecule has 0 aliphatic carbocycles. The highest BCUT2D eigenvalue weighted by Gasteiger charge is 2.06. The predicted octanol–water partition coefficient (Wildman–Crippen LogP) is 2.93. The number of ether oxygens (including phenoxy) is 1. The van der Waals surface area contributed by atoms with Crippen LogP contribution >= 0.6 is 0 Å². The summed E-state index contributed by atoms with van der Waals surface area (Å²) in [5, 5.41) is 2.46.